The molecule has 1 heterocycles. The first kappa shape index (κ1) is 22.8. The van der Waals surface area contributed by atoms with Gasteiger partial charge < -0.3 is 4.89 Å². The van der Waals surface area contributed by atoms with Crippen molar-refractivity contribution in [3.63, 3.8) is 0 Å². The van der Waals surface area contributed by atoms with E-state index in [0.29, 0.717) is 10.2 Å². The topological polar surface area (TPSA) is 74.2 Å². The summed E-state index contributed by atoms with van der Waals surface area (Å²) in [5, 5.41) is 13.3. The highest BCUT2D eigenvalue weighted by atomic mass is 79.9. The van der Waals surface area contributed by atoms with Crippen LogP contribution in [0.1, 0.15) is 22.3 Å². The second-order valence-electron chi connectivity index (χ2n) is 7.50. The summed E-state index contributed by atoms with van der Waals surface area (Å²) in [6.07, 6.45) is -4.58. The summed E-state index contributed by atoms with van der Waals surface area (Å²) in [4.78, 5) is 18.9. The number of carbonyl (C=O) groups excluding carboxylic acids is 1. The van der Waals surface area contributed by atoms with E-state index in [1.54, 1.807) is 30.3 Å². The van der Waals surface area contributed by atoms with E-state index in [0.717, 1.165) is 23.3 Å². The third-order valence-electron chi connectivity index (χ3n) is 5.04. The highest BCUT2D eigenvalue weighted by Crippen LogP contribution is 2.41. The van der Waals surface area contributed by atoms with Crippen LogP contribution in [0.25, 0.3) is 0 Å². The molecule has 0 spiro atoms. The molecule has 0 fully saturated rings. The zero-order valence-electron chi connectivity index (χ0n) is 17.4. The molecular formula is C23H17BrF3N3O3. The lowest BCUT2D eigenvalue weighted by Crippen LogP contribution is -2.26. The number of halogens is 4. The Bertz CT molecular complexity index is 1270. The van der Waals surface area contributed by atoms with Crippen molar-refractivity contribution in [2.45, 2.75) is 20.0 Å². The van der Waals surface area contributed by atoms with Crippen molar-refractivity contribution in [1.29, 1.82) is 0 Å². The molecule has 1 amide bonds. The van der Waals surface area contributed by atoms with Crippen molar-refractivity contribution in [1.82, 2.24) is 0 Å². The Morgan fingerprint density at radius 3 is 2.39 bits per heavy atom. The lowest BCUT2D eigenvalue weighted by Gasteiger charge is -2.19. The maximum absolute atomic E-state index is 13.4. The number of rotatable bonds is 4. The average Bonchev–Trinajstić information content (AvgIpc) is 3.01. The number of anilines is 3. The van der Waals surface area contributed by atoms with E-state index in [9.17, 15) is 18.0 Å². The number of nitrogens with zero attached hydrogens (tertiary/aromatic N) is 2. The van der Waals surface area contributed by atoms with Gasteiger partial charge in [0.15, 0.2) is 5.71 Å². The van der Waals surface area contributed by atoms with Crippen molar-refractivity contribution in [2.75, 3.05) is 10.3 Å². The fourth-order valence-electron chi connectivity index (χ4n) is 3.67. The summed E-state index contributed by atoms with van der Waals surface area (Å²) in [7, 11) is 0. The van der Waals surface area contributed by atoms with Crippen molar-refractivity contribution in [3.8, 4) is 5.75 Å². The molecule has 3 aromatic carbocycles. The molecule has 0 saturated heterocycles. The van der Waals surface area contributed by atoms with E-state index in [-0.39, 0.29) is 28.4 Å². The summed E-state index contributed by atoms with van der Waals surface area (Å²) < 4.78 is 40.7. The molecule has 0 aromatic heterocycles. The molecule has 0 bridgehead atoms. The molecule has 3 aromatic rings. The maximum Gasteiger partial charge on any atom is 0.416 e. The van der Waals surface area contributed by atoms with Gasteiger partial charge in [-0.05, 0) is 83.4 Å². The zero-order valence-corrected chi connectivity index (χ0v) is 19.0. The molecular weight excluding hydrogens is 503 g/mol. The van der Waals surface area contributed by atoms with Gasteiger partial charge >= 0.3 is 6.18 Å². The van der Waals surface area contributed by atoms with E-state index < -0.39 is 17.6 Å². The molecule has 2 N–H and O–H groups in total. The third kappa shape index (κ3) is 4.31. The van der Waals surface area contributed by atoms with Crippen LogP contribution in [0.15, 0.2) is 64.2 Å². The lowest BCUT2D eigenvalue weighted by atomic mass is 10.1. The Labute approximate surface area is 195 Å². The highest BCUT2D eigenvalue weighted by Gasteiger charge is 2.39. The molecule has 0 aliphatic carbocycles. The molecule has 0 unspecified atom stereocenters. The van der Waals surface area contributed by atoms with Gasteiger partial charge in [-0.2, -0.15) is 18.3 Å². The first-order chi connectivity index (χ1) is 15.6. The summed E-state index contributed by atoms with van der Waals surface area (Å²) in [6, 6.07) is 13.2. The number of carbonyl (C=O) groups is 1. The van der Waals surface area contributed by atoms with Crippen LogP contribution in [0, 0.1) is 13.8 Å². The number of para-hydroxylation sites is 1. The number of nitrogens with one attached hydrogen (secondary N) is 1. The van der Waals surface area contributed by atoms with Gasteiger partial charge in [0, 0.05) is 11.3 Å². The van der Waals surface area contributed by atoms with E-state index in [2.05, 4.69) is 31.3 Å². The predicted octanol–water partition coefficient (Wildman–Crippen LogP) is 6.43. The van der Waals surface area contributed by atoms with Crippen molar-refractivity contribution in [3.05, 3.63) is 81.3 Å². The molecule has 6 nitrogen and oxygen atoms in total. The number of hydrogen-bond donors (Lipinski definition) is 2. The Hall–Kier alpha value is -3.37. The van der Waals surface area contributed by atoms with Crippen LogP contribution in [-0.4, -0.2) is 16.9 Å². The normalized spacial score (nSPS) is 14.6. The molecule has 1 aliphatic heterocycles. The minimum absolute atomic E-state index is 0.0334. The fraction of sp³-hybridized carbons (Fsp3) is 0.130. The quantitative estimate of drug-likeness (QED) is 0.307. The summed E-state index contributed by atoms with van der Waals surface area (Å²) >= 11 is 3.22. The van der Waals surface area contributed by atoms with Crippen LogP contribution in [-0.2, 0) is 11.0 Å². The SMILES string of the molecule is Cc1cc(C)cc(N2C(=O)/C(=N\Nc3cccc(Br)c3OO)c3ccc(C(F)(F)F)cc32)c1. The molecule has 170 valence electrons. The molecule has 4 rings (SSSR count). The molecule has 10 heteroatoms. The van der Waals surface area contributed by atoms with E-state index >= 15 is 0 Å². The lowest BCUT2D eigenvalue weighted by molar-refractivity contribution is -0.137. The van der Waals surface area contributed by atoms with Gasteiger partial charge in [-0.25, -0.2) is 5.26 Å². The van der Waals surface area contributed by atoms with Gasteiger partial charge in [0.25, 0.3) is 5.91 Å². The Balaban J connectivity index is 1.85. The van der Waals surface area contributed by atoms with Crippen LogP contribution in [0.5, 0.6) is 5.75 Å². The third-order valence-corrected chi connectivity index (χ3v) is 5.66. The Morgan fingerprint density at radius 1 is 1.06 bits per heavy atom. The van der Waals surface area contributed by atoms with Gasteiger partial charge in [-0.15, -0.1) is 0 Å². The molecule has 33 heavy (non-hydrogen) atoms. The number of hydrogen-bond acceptors (Lipinski definition) is 5. The number of aryl methyl sites for hydroxylation is 2. The first-order valence-corrected chi connectivity index (χ1v) is 10.5. The fourth-order valence-corrected chi connectivity index (χ4v) is 4.11. The van der Waals surface area contributed by atoms with Crippen LogP contribution in [0.4, 0.5) is 30.2 Å². The maximum atomic E-state index is 13.4. The van der Waals surface area contributed by atoms with Crippen LogP contribution < -0.4 is 15.2 Å². The number of hydrazone groups is 1. The molecule has 0 radical (unpaired) electrons. The van der Waals surface area contributed by atoms with E-state index in [4.69, 9.17) is 5.26 Å². The monoisotopic (exact) mass is 519 g/mol. The standard InChI is InChI=1S/C23H17BrF3N3O3/c1-12-8-13(2)10-15(9-12)30-19-11-14(23(25,26)27)6-7-16(19)20(22(30)31)29-28-18-5-3-4-17(24)21(18)33-32/h3-11,28,32H,1-2H3/b29-20-. The second kappa shape index (κ2) is 8.53. The number of benzene rings is 3. The second-order valence-corrected chi connectivity index (χ2v) is 8.35. The van der Waals surface area contributed by atoms with Crippen molar-refractivity contribution < 1.29 is 28.1 Å². The first-order valence-electron chi connectivity index (χ1n) is 9.68. The van der Waals surface area contributed by atoms with Gasteiger partial charge in [-0.3, -0.25) is 15.1 Å². The number of fused-ring (bicyclic) bond motifs is 1. The van der Waals surface area contributed by atoms with E-state index in [1.807, 2.05) is 19.9 Å². The van der Waals surface area contributed by atoms with Gasteiger partial charge in [0.2, 0.25) is 5.75 Å². The Morgan fingerprint density at radius 2 is 1.76 bits per heavy atom. The Kier molecular flexibility index (Phi) is 5.89. The van der Waals surface area contributed by atoms with E-state index in [1.165, 1.54) is 11.0 Å². The number of alkyl halides is 3. The van der Waals surface area contributed by atoms with Crippen molar-refractivity contribution >= 4 is 44.6 Å². The highest BCUT2D eigenvalue weighted by molar-refractivity contribution is 9.10. The van der Waals surface area contributed by atoms with Gasteiger partial charge in [0.05, 0.1) is 15.7 Å². The zero-order chi connectivity index (χ0) is 23.9. The van der Waals surface area contributed by atoms with Gasteiger partial charge in [-0.1, -0.05) is 12.1 Å². The summed E-state index contributed by atoms with van der Waals surface area (Å²) in [5.41, 5.74) is 4.41. The van der Waals surface area contributed by atoms with Crippen molar-refractivity contribution in [2.24, 2.45) is 5.10 Å². The molecule has 0 saturated carbocycles. The molecule has 0 atom stereocenters. The summed E-state index contributed by atoms with van der Waals surface area (Å²) in [5.74, 6) is -0.561. The van der Waals surface area contributed by atoms with Gasteiger partial charge in [0.1, 0.15) is 5.69 Å². The smallest absolute Gasteiger partial charge is 0.337 e. The average molecular weight is 520 g/mol. The van der Waals surface area contributed by atoms with Crippen LogP contribution >= 0.6 is 15.9 Å². The minimum atomic E-state index is -4.58. The summed E-state index contributed by atoms with van der Waals surface area (Å²) in [6.45, 7) is 3.68. The minimum Gasteiger partial charge on any atom is -0.337 e. The predicted molar refractivity (Wildman–Crippen MR) is 122 cm³/mol. The largest absolute Gasteiger partial charge is 0.416 e. The van der Waals surface area contributed by atoms with Crippen LogP contribution in [0.3, 0.4) is 0 Å². The molecule has 1 aliphatic rings. The number of amides is 1. The van der Waals surface area contributed by atoms with Crippen LogP contribution in [0.2, 0.25) is 0 Å².